The van der Waals surface area contributed by atoms with Crippen LogP contribution >= 0.6 is 11.6 Å². The monoisotopic (exact) mass is 382 g/mol. The maximum Gasteiger partial charge on any atom is 0.105 e. The highest BCUT2D eigenvalue weighted by atomic mass is 35.5. The number of hydrogen-bond acceptors (Lipinski definition) is 3. The van der Waals surface area contributed by atoms with Gasteiger partial charge in [0.15, 0.2) is 0 Å². The van der Waals surface area contributed by atoms with E-state index in [-0.39, 0.29) is 24.0 Å². The summed E-state index contributed by atoms with van der Waals surface area (Å²) >= 11 is 6.48. The summed E-state index contributed by atoms with van der Waals surface area (Å²) in [5.41, 5.74) is 6.23. The predicted octanol–water partition coefficient (Wildman–Crippen LogP) is 1.48. The van der Waals surface area contributed by atoms with Crippen molar-refractivity contribution in [2.75, 3.05) is 6.61 Å². The molecule has 0 saturated carbocycles. The number of ether oxygens (including phenoxy) is 1. The van der Waals surface area contributed by atoms with Gasteiger partial charge in [-0.25, -0.2) is 0 Å². The normalized spacial score (nSPS) is 26.3. The van der Waals surface area contributed by atoms with Gasteiger partial charge in [-0.3, -0.25) is 0 Å². The fraction of sp³-hybridized carbons (Fsp3) is 0.429. The van der Waals surface area contributed by atoms with Crippen LogP contribution in [-0.4, -0.2) is 44.7 Å². The van der Waals surface area contributed by atoms with Crippen molar-refractivity contribution in [1.82, 2.24) is 0 Å². The average molecular weight is 383 g/mol. The van der Waals surface area contributed by atoms with E-state index in [9.17, 15) is 10.2 Å². The van der Waals surface area contributed by atoms with Gasteiger partial charge in [-0.05, 0) is 41.2 Å². The molecule has 3 atom stereocenters. The van der Waals surface area contributed by atoms with Crippen LogP contribution in [-0.2, 0) is 22.8 Å². The topological polar surface area (TPSA) is 49.7 Å². The molecule has 27 heavy (non-hydrogen) atoms. The Morgan fingerprint density at radius 1 is 1.15 bits per heavy atom. The maximum atomic E-state index is 10.1. The van der Waals surface area contributed by atoms with Gasteiger partial charge in [0, 0.05) is 17.9 Å². The third-order valence-electron chi connectivity index (χ3n) is 5.95. The second-order valence-electron chi connectivity index (χ2n) is 8.63. The SMILES string of the molecule is BC1(B)Cc2ccc(Cc3cc(C4CC(O)CC(CO)O4)ccc3Cl)cc21. The van der Waals surface area contributed by atoms with Crippen molar-refractivity contribution < 1.29 is 14.9 Å². The molecule has 2 aliphatic rings. The van der Waals surface area contributed by atoms with E-state index >= 15 is 0 Å². The third kappa shape index (κ3) is 3.84. The highest BCUT2D eigenvalue weighted by molar-refractivity contribution is 6.41. The van der Waals surface area contributed by atoms with E-state index in [2.05, 4.69) is 40.0 Å². The van der Waals surface area contributed by atoms with Crippen molar-refractivity contribution in [3.05, 3.63) is 69.2 Å². The van der Waals surface area contributed by atoms with Crippen molar-refractivity contribution in [3.63, 3.8) is 0 Å². The van der Waals surface area contributed by atoms with E-state index < -0.39 is 6.10 Å². The molecule has 2 aromatic carbocycles. The van der Waals surface area contributed by atoms with Gasteiger partial charge < -0.3 is 14.9 Å². The Bertz CT molecular complexity index is 855. The Morgan fingerprint density at radius 3 is 2.70 bits per heavy atom. The number of aliphatic hydroxyl groups excluding tert-OH is 2. The number of hydrogen-bond donors (Lipinski definition) is 2. The number of rotatable bonds is 4. The van der Waals surface area contributed by atoms with E-state index in [1.807, 2.05) is 12.1 Å². The van der Waals surface area contributed by atoms with Crippen molar-refractivity contribution in [2.24, 2.45) is 0 Å². The lowest BCUT2D eigenvalue weighted by atomic mass is 9.42. The molecule has 3 unspecified atom stereocenters. The Balaban J connectivity index is 1.57. The minimum atomic E-state index is -0.449. The molecule has 1 heterocycles. The molecule has 4 rings (SSSR count). The van der Waals surface area contributed by atoms with Crippen LogP contribution in [0.3, 0.4) is 0 Å². The van der Waals surface area contributed by atoms with Gasteiger partial charge in [-0.2, -0.15) is 0 Å². The lowest BCUT2D eigenvalue weighted by molar-refractivity contribution is -0.113. The van der Waals surface area contributed by atoms with Crippen molar-refractivity contribution >= 4 is 27.3 Å². The molecule has 1 aliphatic heterocycles. The molecule has 3 nitrogen and oxygen atoms in total. The summed E-state index contributed by atoms with van der Waals surface area (Å²) in [6.45, 7) is -0.0705. The number of aliphatic hydroxyl groups is 2. The maximum absolute atomic E-state index is 10.1. The highest BCUT2D eigenvalue weighted by Gasteiger charge is 2.33. The van der Waals surface area contributed by atoms with Crippen molar-refractivity contribution in [3.8, 4) is 0 Å². The summed E-state index contributed by atoms with van der Waals surface area (Å²) in [4.78, 5) is 0. The zero-order chi connectivity index (χ0) is 19.2. The molecular weight excluding hydrogens is 357 g/mol. The van der Waals surface area contributed by atoms with Gasteiger partial charge in [0.25, 0.3) is 0 Å². The summed E-state index contributed by atoms with van der Waals surface area (Å²) < 4.78 is 5.96. The Hall–Kier alpha value is -1.26. The molecule has 2 N–H and O–H groups in total. The zero-order valence-corrected chi connectivity index (χ0v) is 16.7. The first-order valence-corrected chi connectivity index (χ1v) is 10.1. The fourth-order valence-corrected chi connectivity index (χ4v) is 4.64. The first kappa shape index (κ1) is 19.1. The van der Waals surface area contributed by atoms with Crippen LogP contribution in [0, 0.1) is 0 Å². The average Bonchev–Trinajstić information content (AvgIpc) is 2.63. The molecule has 0 spiro atoms. The first-order valence-electron chi connectivity index (χ1n) is 9.71. The van der Waals surface area contributed by atoms with Gasteiger partial charge in [0.2, 0.25) is 0 Å². The lowest BCUT2D eigenvalue weighted by Crippen LogP contribution is -2.39. The third-order valence-corrected chi connectivity index (χ3v) is 6.32. The molecule has 6 heteroatoms. The minimum absolute atomic E-state index is 0.0705. The van der Waals surface area contributed by atoms with E-state index in [1.165, 1.54) is 16.7 Å². The van der Waals surface area contributed by atoms with E-state index in [4.69, 9.17) is 16.3 Å². The molecule has 140 valence electrons. The predicted molar refractivity (Wildman–Crippen MR) is 113 cm³/mol. The molecule has 2 aromatic rings. The molecule has 0 aromatic heterocycles. The van der Waals surface area contributed by atoms with Gasteiger partial charge in [-0.15, -0.1) is 0 Å². The smallest absolute Gasteiger partial charge is 0.105 e. The molecule has 1 fully saturated rings. The number of fused-ring (bicyclic) bond motifs is 1. The van der Waals surface area contributed by atoms with Crippen LogP contribution in [0.15, 0.2) is 36.4 Å². The quantitative estimate of drug-likeness (QED) is 0.788. The largest absolute Gasteiger partial charge is 0.394 e. The Labute approximate surface area is 167 Å². The Morgan fingerprint density at radius 2 is 1.96 bits per heavy atom. The Kier molecular flexibility index (Phi) is 5.15. The summed E-state index contributed by atoms with van der Waals surface area (Å²) in [5, 5.41) is 20.5. The van der Waals surface area contributed by atoms with Crippen LogP contribution in [0.1, 0.15) is 46.8 Å². The summed E-state index contributed by atoms with van der Waals surface area (Å²) in [5.74, 6) is 0. The van der Waals surface area contributed by atoms with Crippen LogP contribution < -0.4 is 0 Å². The highest BCUT2D eigenvalue weighted by Crippen LogP contribution is 2.38. The van der Waals surface area contributed by atoms with Crippen molar-refractivity contribution in [2.45, 2.75) is 49.2 Å². The van der Waals surface area contributed by atoms with Gasteiger partial charge in [0.1, 0.15) is 15.7 Å². The second kappa shape index (κ2) is 7.29. The zero-order valence-electron chi connectivity index (χ0n) is 15.9. The molecule has 0 bridgehead atoms. The van der Waals surface area contributed by atoms with Crippen LogP contribution in [0.25, 0.3) is 0 Å². The molecule has 1 saturated heterocycles. The molecule has 1 aliphatic carbocycles. The second-order valence-corrected chi connectivity index (χ2v) is 9.04. The van der Waals surface area contributed by atoms with Crippen LogP contribution in [0.5, 0.6) is 0 Å². The summed E-state index contributed by atoms with van der Waals surface area (Å²) in [6, 6.07) is 12.7. The lowest BCUT2D eigenvalue weighted by Gasteiger charge is -2.39. The van der Waals surface area contributed by atoms with Crippen LogP contribution in [0.2, 0.25) is 5.02 Å². The summed E-state index contributed by atoms with van der Waals surface area (Å²) in [7, 11) is 4.58. The molecule has 0 radical (unpaired) electrons. The van der Waals surface area contributed by atoms with Gasteiger partial charge in [0.05, 0.1) is 24.9 Å². The van der Waals surface area contributed by atoms with Crippen LogP contribution in [0.4, 0.5) is 0 Å². The van der Waals surface area contributed by atoms with E-state index in [1.54, 1.807) is 0 Å². The number of halogens is 1. The first-order chi connectivity index (χ1) is 12.9. The standard InChI is InChI=1S/C21H25B2ClO3/c22-21(23)10-14-2-1-12(6-18(14)21)5-15-7-13(3-4-19(15)24)20-9-16(26)8-17(11-25)27-20/h1-4,6-7,16-17,20,25-26H,5,8-11,22-23H2. The van der Waals surface area contributed by atoms with Gasteiger partial charge in [-0.1, -0.05) is 52.7 Å². The fourth-order valence-electron chi connectivity index (χ4n) is 4.46. The minimum Gasteiger partial charge on any atom is -0.394 e. The van der Waals surface area contributed by atoms with E-state index in [0.717, 1.165) is 29.0 Å². The van der Waals surface area contributed by atoms with E-state index in [0.29, 0.717) is 12.8 Å². The summed E-state index contributed by atoms with van der Waals surface area (Å²) in [6.07, 6.45) is 1.98. The van der Waals surface area contributed by atoms with Crippen molar-refractivity contribution in [1.29, 1.82) is 0 Å². The number of benzene rings is 2. The molecule has 0 amide bonds. The molecular formula is C21H25B2ClO3. The van der Waals surface area contributed by atoms with Gasteiger partial charge >= 0.3 is 0 Å².